The molecule has 0 radical (unpaired) electrons. The number of rotatable bonds is 58. The Hall–Kier alpha value is -1.14. The summed E-state index contributed by atoms with van der Waals surface area (Å²) in [5, 5.41) is 0. The Labute approximate surface area is 440 Å². The van der Waals surface area contributed by atoms with E-state index in [0.717, 1.165) is 70.7 Å². The highest BCUT2D eigenvalue weighted by Gasteiger charge is 2.23. The largest absolute Gasteiger partial charge is 0.465 e. The fraction of sp³-hybridized carbons (Fsp3) is 0.969. The van der Waals surface area contributed by atoms with Gasteiger partial charge in [-0.05, 0) is 96.7 Å². The summed E-state index contributed by atoms with van der Waals surface area (Å²) in [4.78, 5) is 31.3. The molecule has 0 spiro atoms. The molecule has 0 heterocycles. The summed E-state index contributed by atoms with van der Waals surface area (Å²) in [7, 11) is 4.31. The Kier molecular flexibility index (Phi) is 54.7. The van der Waals surface area contributed by atoms with Gasteiger partial charge in [-0.15, -0.1) is 0 Å². The molecular weight excluding hydrogens is 861 g/mol. The zero-order valence-corrected chi connectivity index (χ0v) is 49.0. The van der Waals surface area contributed by atoms with Crippen LogP contribution in [0.1, 0.15) is 336 Å². The van der Waals surface area contributed by atoms with Crippen molar-refractivity contribution in [3.63, 3.8) is 0 Å². The average molecular weight is 990 g/mol. The van der Waals surface area contributed by atoms with Gasteiger partial charge in [-0.2, -0.15) is 0 Å². The number of hydrogen-bond donors (Lipinski definition) is 0. The summed E-state index contributed by atoms with van der Waals surface area (Å²) in [5.41, 5.74) is 0. The number of carbonyl (C=O) groups is 2. The molecule has 0 aliphatic rings. The minimum absolute atomic E-state index is 0.0179. The molecule has 0 aromatic heterocycles. The summed E-state index contributed by atoms with van der Waals surface area (Å²) in [5.74, 6) is 1.72. The number of unbranched alkanes of at least 4 members (excludes halogenated alkanes) is 31. The van der Waals surface area contributed by atoms with Gasteiger partial charge in [0.1, 0.15) is 0 Å². The Balaban J connectivity index is 4.90. The van der Waals surface area contributed by atoms with Crippen LogP contribution in [-0.2, 0) is 19.1 Å². The topological polar surface area (TPSA) is 59.1 Å². The van der Waals surface area contributed by atoms with Gasteiger partial charge in [0.15, 0.2) is 0 Å². The summed E-state index contributed by atoms with van der Waals surface area (Å²) in [6.07, 6.45) is 58.5. The molecule has 0 aliphatic carbocycles. The highest BCUT2D eigenvalue weighted by molar-refractivity contribution is 5.76. The molecule has 3 atom stereocenters. The lowest BCUT2D eigenvalue weighted by molar-refractivity contribution is -0.145. The van der Waals surface area contributed by atoms with E-state index in [2.05, 4.69) is 58.5 Å². The standard InChI is InChI=1S/C64H128N2O4/c1-8-13-18-23-31-39-48-60(47-37-21-16-11-4)58-69-57-45-36-29-25-26-33-41-51-62(66(56-46-55-65(6)7)63(67)53-43-30-20-15-10-3)52-42-34-27-28-35-44-54-64(68)70-59-61(49-38-22-17-12-5)50-40-32-24-19-14-9-2/h60-62H,8-59H2,1-7H3. The van der Waals surface area contributed by atoms with Crippen molar-refractivity contribution in [2.45, 2.75) is 342 Å². The minimum atomic E-state index is 0.0179. The Morgan fingerprint density at radius 1 is 0.357 bits per heavy atom. The first-order chi connectivity index (χ1) is 34.3. The summed E-state index contributed by atoms with van der Waals surface area (Å²) >= 11 is 0. The monoisotopic (exact) mass is 989 g/mol. The number of esters is 1. The van der Waals surface area contributed by atoms with E-state index in [4.69, 9.17) is 9.47 Å². The van der Waals surface area contributed by atoms with Gasteiger partial charge in [0.2, 0.25) is 5.91 Å². The lowest BCUT2D eigenvalue weighted by Gasteiger charge is -2.33. The van der Waals surface area contributed by atoms with Crippen LogP contribution >= 0.6 is 0 Å². The molecule has 0 fully saturated rings. The maximum Gasteiger partial charge on any atom is 0.305 e. The molecule has 0 aliphatic heterocycles. The number of carbonyl (C=O) groups excluding carboxylic acids is 2. The first-order valence-corrected chi connectivity index (χ1v) is 32.0. The van der Waals surface area contributed by atoms with Gasteiger partial charge in [-0.3, -0.25) is 9.59 Å². The molecule has 0 N–H and O–H groups in total. The molecule has 0 aromatic rings. The molecule has 6 heteroatoms. The zero-order chi connectivity index (χ0) is 51.2. The molecule has 3 unspecified atom stereocenters. The van der Waals surface area contributed by atoms with Crippen LogP contribution in [0.2, 0.25) is 0 Å². The molecule has 0 saturated heterocycles. The number of hydrogen-bond acceptors (Lipinski definition) is 5. The lowest BCUT2D eigenvalue weighted by Crippen LogP contribution is -2.41. The maximum atomic E-state index is 13.9. The third kappa shape index (κ3) is 47.8. The van der Waals surface area contributed by atoms with Gasteiger partial charge in [0, 0.05) is 38.6 Å². The van der Waals surface area contributed by atoms with Crippen molar-refractivity contribution in [1.82, 2.24) is 9.80 Å². The molecule has 418 valence electrons. The van der Waals surface area contributed by atoms with Crippen LogP contribution in [-0.4, -0.2) is 74.7 Å². The van der Waals surface area contributed by atoms with E-state index in [-0.39, 0.29) is 5.97 Å². The smallest absolute Gasteiger partial charge is 0.305 e. The van der Waals surface area contributed by atoms with Crippen molar-refractivity contribution in [2.24, 2.45) is 11.8 Å². The Morgan fingerprint density at radius 3 is 1.13 bits per heavy atom. The lowest BCUT2D eigenvalue weighted by atomic mass is 9.95. The number of nitrogens with zero attached hydrogens (tertiary/aromatic N) is 2. The van der Waals surface area contributed by atoms with E-state index in [1.807, 2.05) is 0 Å². The van der Waals surface area contributed by atoms with Crippen molar-refractivity contribution in [3.05, 3.63) is 0 Å². The fourth-order valence-electron chi connectivity index (χ4n) is 10.7. The normalized spacial score (nSPS) is 13.0. The SMILES string of the molecule is CCCCCCCCC(CCCCCC)COCCCCCCCCCC(CCCCCCCCC(=O)OCC(CCCCCC)CCCCCCCC)N(CCCN(C)C)C(=O)CCCCCCC. The second-order valence-corrected chi connectivity index (χ2v) is 22.8. The maximum absolute atomic E-state index is 13.9. The third-order valence-corrected chi connectivity index (χ3v) is 15.5. The molecule has 6 nitrogen and oxygen atoms in total. The summed E-state index contributed by atoms with van der Waals surface area (Å²) in [6.45, 7) is 15.9. The van der Waals surface area contributed by atoms with Crippen LogP contribution in [0.3, 0.4) is 0 Å². The first kappa shape index (κ1) is 68.9. The Morgan fingerprint density at radius 2 is 0.700 bits per heavy atom. The second-order valence-electron chi connectivity index (χ2n) is 22.8. The van der Waals surface area contributed by atoms with Crippen LogP contribution in [0.5, 0.6) is 0 Å². The van der Waals surface area contributed by atoms with Crippen LogP contribution in [0, 0.1) is 11.8 Å². The van der Waals surface area contributed by atoms with Gasteiger partial charge in [-0.1, -0.05) is 259 Å². The predicted molar refractivity (Wildman–Crippen MR) is 308 cm³/mol. The zero-order valence-electron chi connectivity index (χ0n) is 49.0. The quantitative estimate of drug-likeness (QED) is 0.0449. The molecular formula is C64H128N2O4. The van der Waals surface area contributed by atoms with E-state index < -0.39 is 0 Å². The van der Waals surface area contributed by atoms with Crippen molar-refractivity contribution in [2.75, 3.05) is 47.0 Å². The van der Waals surface area contributed by atoms with E-state index in [0.29, 0.717) is 37.3 Å². The highest BCUT2D eigenvalue weighted by atomic mass is 16.5. The van der Waals surface area contributed by atoms with E-state index in [1.165, 1.54) is 250 Å². The molecule has 0 bridgehead atoms. The number of amides is 1. The van der Waals surface area contributed by atoms with Gasteiger partial charge in [0.25, 0.3) is 0 Å². The van der Waals surface area contributed by atoms with Crippen LogP contribution in [0.15, 0.2) is 0 Å². The summed E-state index contributed by atoms with van der Waals surface area (Å²) in [6, 6.07) is 0.366. The van der Waals surface area contributed by atoms with Gasteiger partial charge < -0.3 is 19.3 Å². The molecule has 0 aromatic carbocycles. The number of ether oxygens (including phenoxy) is 2. The van der Waals surface area contributed by atoms with Gasteiger partial charge in [-0.25, -0.2) is 0 Å². The van der Waals surface area contributed by atoms with E-state index in [1.54, 1.807) is 0 Å². The summed E-state index contributed by atoms with van der Waals surface area (Å²) < 4.78 is 12.2. The van der Waals surface area contributed by atoms with Crippen LogP contribution in [0.25, 0.3) is 0 Å². The van der Waals surface area contributed by atoms with E-state index in [9.17, 15) is 9.59 Å². The highest BCUT2D eigenvalue weighted by Crippen LogP contribution is 2.24. The molecule has 1 amide bonds. The van der Waals surface area contributed by atoms with Crippen molar-refractivity contribution >= 4 is 11.9 Å². The van der Waals surface area contributed by atoms with Crippen LogP contribution < -0.4 is 0 Å². The fourth-order valence-corrected chi connectivity index (χ4v) is 10.7. The third-order valence-electron chi connectivity index (χ3n) is 15.5. The van der Waals surface area contributed by atoms with Gasteiger partial charge >= 0.3 is 5.97 Å². The van der Waals surface area contributed by atoms with Crippen LogP contribution in [0.4, 0.5) is 0 Å². The second kappa shape index (κ2) is 55.6. The minimum Gasteiger partial charge on any atom is -0.465 e. The van der Waals surface area contributed by atoms with Crippen molar-refractivity contribution < 1.29 is 19.1 Å². The van der Waals surface area contributed by atoms with Gasteiger partial charge in [0.05, 0.1) is 6.61 Å². The van der Waals surface area contributed by atoms with Crippen molar-refractivity contribution in [1.29, 1.82) is 0 Å². The predicted octanol–water partition coefficient (Wildman–Crippen LogP) is 20.0. The molecule has 70 heavy (non-hydrogen) atoms. The molecule has 0 saturated carbocycles. The Bertz CT molecular complexity index is 1050. The van der Waals surface area contributed by atoms with E-state index >= 15 is 0 Å². The molecule has 0 rings (SSSR count). The average Bonchev–Trinajstić information content (AvgIpc) is 3.35. The first-order valence-electron chi connectivity index (χ1n) is 32.0. The van der Waals surface area contributed by atoms with Crippen molar-refractivity contribution in [3.8, 4) is 0 Å².